The zero-order valence-corrected chi connectivity index (χ0v) is 22.8. The Bertz CT molecular complexity index is 1500. The van der Waals surface area contributed by atoms with Gasteiger partial charge < -0.3 is 4.90 Å². The molecule has 2 aliphatic rings. The second kappa shape index (κ2) is 9.33. The van der Waals surface area contributed by atoms with Crippen molar-refractivity contribution in [2.24, 2.45) is 0 Å². The fraction of sp³-hybridized carbons (Fsp3) is 0.189. The standard InChI is InChI=1S/C21H19N.C16H16/c1-21(2)17-12-6-8-14-19(17)22(16-10-4-3-5-11-16)20-15-9-7-13-18(20)21;1-16(2)14-9-5-3-7-12(14)11-13-8-4-6-10-15(13)16/h3-15H,1-2H3;3-10H,11H2,1-2H3. The van der Waals surface area contributed by atoms with Crippen molar-refractivity contribution in [3.63, 3.8) is 0 Å². The van der Waals surface area contributed by atoms with Gasteiger partial charge in [0.1, 0.15) is 0 Å². The lowest BCUT2D eigenvalue weighted by Gasteiger charge is -2.42. The van der Waals surface area contributed by atoms with Crippen LogP contribution in [0.2, 0.25) is 0 Å². The van der Waals surface area contributed by atoms with Crippen LogP contribution in [0.4, 0.5) is 17.1 Å². The van der Waals surface area contributed by atoms with Crippen molar-refractivity contribution >= 4 is 17.1 Å². The topological polar surface area (TPSA) is 3.24 Å². The highest BCUT2D eigenvalue weighted by Gasteiger charge is 2.36. The fourth-order valence-corrected chi connectivity index (χ4v) is 6.44. The van der Waals surface area contributed by atoms with Gasteiger partial charge in [-0.05, 0) is 64.1 Å². The van der Waals surface area contributed by atoms with E-state index in [9.17, 15) is 0 Å². The number of benzene rings is 5. The van der Waals surface area contributed by atoms with Gasteiger partial charge in [-0.15, -0.1) is 0 Å². The predicted molar refractivity (Wildman–Crippen MR) is 161 cm³/mol. The van der Waals surface area contributed by atoms with Crippen molar-refractivity contribution < 1.29 is 0 Å². The van der Waals surface area contributed by atoms with Crippen LogP contribution < -0.4 is 4.90 Å². The Balaban J connectivity index is 0.000000146. The molecule has 0 saturated carbocycles. The molecule has 188 valence electrons. The van der Waals surface area contributed by atoms with E-state index in [1.54, 1.807) is 0 Å². The lowest BCUT2D eigenvalue weighted by molar-refractivity contribution is 0.610. The average molecular weight is 494 g/mol. The van der Waals surface area contributed by atoms with Gasteiger partial charge in [-0.1, -0.05) is 131 Å². The summed E-state index contributed by atoms with van der Waals surface area (Å²) in [5, 5.41) is 0. The predicted octanol–water partition coefficient (Wildman–Crippen LogP) is 9.71. The molecule has 0 atom stereocenters. The summed E-state index contributed by atoms with van der Waals surface area (Å²) in [6.07, 6.45) is 1.08. The maximum atomic E-state index is 2.37. The molecular weight excluding hydrogens is 458 g/mol. The molecule has 0 unspecified atom stereocenters. The van der Waals surface area contributed by atoms with E-state index in [4.69, 9.17) is 0 Å². The maximum Gasteiger partial charge on any atom is 0.0502 e. The number of rotatable bonds is 1. The number of nitrogens with zero attached hydrogens (tertiary/aromatic N) is 1. The molecule has 1 nitrogen and oxygen atoms in total. The van der Waals surface area contributed by atoms with Crippen molar-refractivity contribution in [1.82, 2.24) is 0 Å². The number of hydrogen-bond donors (Lipinski definition) is 0. The van der Waals surface area contributed by atoms with Gasteiger partial charge in [-0.25, -0.2) is 0 Å². The Morgan fingerprint density at radius 3 is 1.29 bits per heavy atom. The third-order valence-corrected chi connectivity index (χ3v) is 8.41. The largest absolute Gasteiger partial charge is 0.310 e. The van der Waals surface area contributed by atoms with Crippen LogP contribution in [0, 0.1) is 0 Å². The van der Waals surface area contributed by atoms with Crippen LogP contribution in [0.25, 0.3) is 0 Å². The summed E-state index contributed by atoms with van der Waals surface area (Å²) in [6, 6.07) is 45.7. The number of anilines is 3. The number of hydrogen-bond acceptors (Lipinski definition) is 1. The highest BCUT2D eigenvalue weighted by atomic mass is 15.2. The summed E-state index contributed by atoms with van der Waals surface area (Å²) >= 11 is 0. The minimum atomic E-state index is 0.0124. The van der Waals surface area contributed by atoms with Gasteiger partial charge in [0.2, 0.25) is 0 Å². The summed E-state index contributed by atoms with van der Waals surface area (Å²) in [6.45, 7) is 9.27. The quantitative estimate of drug-likeness (QED) is 0.225. The van der Waals surface area contributed by atoms with Crippen LogP contribution in [-0.2, 0) is 17.3 Å². The summed E-state index contributed by atoms with van der Waals surface area (Å²) in [5.41, 5.74) is 12.6. The van der Waals surface area contributed by atoms with Crippen LogP contribution in [0.3, 0.4) is 0 Å². The molecule has 0 radical (unpaired) electrons. The van der Waals surface area contributed by atoms with Gasteiger partial charge in [0, 0.05) is 16.5 Å². The first-order valence-corrected chi connectivity index (χ1v) is 13.6. The van der Waals surface area contributed by atoms with Gasteiger partial charge in [0.15, 0.2) is 0 Å². The SMILES string of the molecule is CC1(C)c2ccccc2Cc2ccccc21.CC1(C)c2ccccc2N(c2ccccc2)c2ccccc21. The Kier molecular flexibility index (Phi) is 5.95. The van der Waals surface area contributed by atoms with Crippen LogP contribution in [0.5, 0.6) is 0 Å². The van der Waals surface area contributed by atoms with Crippen molar-refractivity contribution in [3.05, 3.63) is 161 Å². The smallest absolute Gasteiger partial charge is 0.0502 e. The molecule has 7 rings (SSSR count). The van der Waals surface area contributed by atoms with E-state index in [1.807, 2.05) is 0 Å². The molecule has 0 saturated heterocycles. The lowest BCUT2D eigenvalue weighted by atomic mass is 9.69. The second-order valence-corrected chi connectivity index (χ2v) is 11.4. The molecule has 0 N–H and O–H groups in total. The van der Waals surface area contributed by atoms with Gasteiger partial charge in [-0.3, -0.25) is 0 Å². The van der Waals surface area contributed by atoms with E-state index in [1.165, 1.54) is 50.4 Å². The first kappa shape index (κ1) is 24.2. The Labute approximate surface area is 227 Å². The Morgan fingerprint density at radius 2 is 0.789 bits per heavy atom. The van der Waals surface area contributed by atoms with Crippen molar-refractivity contribution in [1.29, 1.82) is 0 Å². The zero-order valence-electron chi connectivity index (χ0n) is 22.8. The molecule has 1 aliphatic carbocycles. The summed E-state index contributed by atoms with van der Waals surface area (Å²) in [4.78, 5) is 2.37. The van der Waals surface area contributed by atoms with E-state index in [0.29, 0.717) is 0 Å². The van der Waals surface area contributed by atoms with Crippen molar-refractivity contribution in [3.8, 4) is 0 Å². The second-order valence-electron chi connectivity index (χ2n) is 11.4. The normalized spacial score (nSPS) is 15.6. The Morgan fingerprint density at radius 1 is 0.421 bits per heavy atom. The first-order chi connectivity index (χ1) is 18.4. The van der Waals surface area contributed by atoms with Crippen molar-refractivity contribution in [2.45, 2.75) is 44.9 Å². The molecule has 5 aromatic rings. The van der Waals surface area contributed by atoms with E-state index in [-0.39, 0.29) is 10.8 Å². The van der Waals surface area contributed by atoms with Gasteiger partial charge in [0.05, 0.1) is 11.4 Å². The minimum absolute atomic E-state index is 0.0124. The number of fused-ring (bicyclic) bond motifs is 4. The summed E-state index contributed by atoms with van der Waals surface area (Å²) < 4.78 is 0. The highest BCUT2D eigenvalue weighted by Crippen LogP contribution is 2.51. The molecule has 0 amide bonds. The fourth-order valence-electron chi connectivity index (χ4n) is 6.44. The summed E-state index contributed by atoms with van der Waals surface area (Å²) in [5.74, 6) is 0. The zero-order chi connectivity index (χ0) is 26.3. The Hall–Kier alpha value is -4.10. The molecule has 5 aromatic carbocycles. The minimum Gasteiger partial charge on any atom is -0.310 e. The third-order valence-electron chi connectivity index (χ3n) is 8.41. The molecule has 1 heterocycles. The molecule has 0 spiro atoms. The molecule has 1 aliphatic heterocycles. The van der Waals surface area contributed by atoms with E-state index >= 15 is 0 Å². The van der Waals surface area contributed by atoms with Crippen LogP contribution >= 0.6 is 0 Å². The molecular formula is C37H35N. The molecule has 38 heavy (non-hydrogen) atoms. The van der Waals surface area contributed by atoms with E-state index < -0.39 is 0 Å². The number of para-hydroxylation sites is 3. The van der Waals surface area contributed by atoms with Gasteiger partial charge >= 0.3 is 0 Å². The molecule has 0 aromatic heterocycles. The van der Waals surface area contributed by atoms with Crippen molar-refractivity contribution in [2.75, 3.05) is 4.90 Å². The van der Waals surface area contributed by atoms with Gasteiger partial charge in [0.25, 0.3) is 0 Å². The summed E-state index contributed by atoms with van der Waals surface area (Å²) in [7, 11) is 0. The monoisotopic (exact) mass is 493 g/mol. The lowest BCUT2D eigenvalue weighted by Crippen LogP contribution is -2.30. The molecule has 0 bridgehead atoms. The first-order valence-electron chi connectivity index (χ1n) is 13.6. The van der Waals surface area contributed by atoms with Crippen LogP contribution in [0.1, 0.15) is 61.1 Å². The highest BCUT2D eigenvalue weighted by molar-refractivity contribution is 5.85. The molecule has 0 fully saturated rings. The maximum absolute atomic E-state index is 2.37. The molecule has 1 heteroatoms. The van der Waals surface area contributed by atoms with E-state index in [0.717, 1.165) is 6.42 Å². The average Bonchev–Trinajstić information content (AvgIpc) is 2.94. The van der Waals surface area contributed by atoms with Crippen LogP contribution in [0.15, 0.2) is 127 Å². The van der Waals surface area contributed by atoms with Crippen LogP contribution in [-0.4, -0.2) is 0 Å². The van der Waals surface area contributed by atoms with Gasteiger partial charge in [-0.2, -0.15) is 0 Å². The van der Waals surface area contributed by atoms with E-state index in [2.05, 4.69) is 160 Å². The third kappa shape index (κ3) is 3.94.